The molecule has 0 radical (unpaired) electrons. The quantitative estimate of drug-likeness (QED) is 0.372. The maximum Gasteiger partial charge on any atom is 0.405 e. The number of aromatic nitrogens is 4. The van der Waals surface area contributed by atoms with Crippen molar-refractivity contribution in [3.63, 3.8) is 0 Å². The van der Waals surface area contributed by atoms with Crippen molar-refractivity contribution in [1.82, 2.24) is 19.5 Å². The molecule has 34 heavy (non-hydrogen) atoms. The van der Waals surface area contributed by atoms with Gasteiger partial charge in [-0.1, -0.05) is 34.8 Å². The van der Waals surface area contributed by atoms with Gasteiger partial charge in [0, 0.05) is 17.0 Å². The second kappa shape index (κ2) is 9.63. The highest BCUT2D eigenvalue weighted by Gasteiger charge is 2.30. The van der Waals surface area contributed by atoms with Crippen molar-refractivity contribution in [2.24, 2.45) is 11.7 Å². The van der Waals surface area contributed by atoms with Crippen LogP contribution in [0.5, 0.6) is 0 Å². The van der Waals surface area contributed by atoms with Gasteiger partial charge in [-0.25, -0.2) is 9.97 Å². The number of rotatable bonds is 6. The Labute approximate surface area is 207 Å². The van der Waals surface area contributed by atoms with Gasteiger partial charge in [0.25, 0.3) is 0 Å². The number of imidazole rings is 1. The fourth-order valence-corrected chi connectivity index (χ4v) is 4.89. The summed E-state index contributed by atoms with van der Waals surface area (Å²) < 4.78 is 39.8. The standard InChI is InChI=1S/C20H19Cl3F3N7O/c21-10-5-12(22)15(13(23)6-10)31-19-30-14-7-28-18(29-8-20(24,25)26)32-17(14)33(19)11-3-1-9(2-4-11)16(27)34/h5-7,9,11H,1-4,8H2,(H2,27,34)(H,30,31)(H,28,29,32). The minimum Gasteiger partial charge on any atom is -0.369 e. The van der Waals surface area contributed by atoms with Crippen molar-refractivity contribution in [2.75, 3.05) is 17.2 Å². The molecule has 0 atom stereocenters. The van der Waals surface area contributed by atoms with Gasteiger partial charge < -0.3 is 16.4 Å². The van der Waals surface area contributed by atoms with Crippen LogP contribution in [-0.4, -0.2) is 38.1 Å². The normalized spacial score (nSPS) is 18.8. The molecule has 1 aromatic carbocycles. The van der Waals surface area contributed by atoms with Crippen LogP contribution in [0.1, 0.15) is 31.7 Å². The fraction of sp³-hybridized carbons (Fsp3) is 0.400. The number of carbonyl (C=O) groups is 1. The van der Waals surface area contributed by atoms with Crippen molar-refractivity contribution in [3.05, 3.63) is 33.4 Å². The molecule has 2 heterocycles. The highest BCUT2D eigenvalue weighted by atomic mass is 35.5. The molecule has 1 fully saturated rings. The third kappa shape index (κ3) is 5.42. The predicted octanol–water partition coefficient (Wildman–Crippen LogP) is 5.72. The summed E-state index contributed by atoms with van der Waals surface area (Å²) in [6, 6.07) is 2.88. The number of anilines is 3. The first-order valence-electron chi connectivity index (χ1n) is 10.3. The van der Waals surface area contributed by atoms with E-state index in [0.717, 1.165) is 0 Å². The number of halogens is 6. The molecule has 0 spiro atoms. The molecule has 14 heteroatoms. The number of carbonyl (C=O) groups excluding carboxylic acids is 1. The zero-order valence-electron chi connectivity index (χ0n) is 17.5. The van der Waals surface area contributed by atoms with Crippen LogP contribution >= 0.6 is 34.8 Å². The summed E-state index contributed by atoms with van der Waals surface area (Å²) in [4.78, 5) is 24.4. The molecular formula is C20H19Cl3F3N7O. The summed E-state index contributed by atoms with van der Waals surface area (Å²) in [7, 11) is 0. The number of fused-ring (bicyclic) bond motifs is 1. The highest BCUT2D eigenvalue weighted by molar-refractivity contribution is 6.41. The molecular weight excluding hydrogens is 518 g/mol. The molecule has 8 nitrogen and oxygen atoms in total. The zero-order chi connectivity index (χ0) is 24.6. The average Bonchev–Trinajstić information content (AvgIpc) is 3.11. The Hall–Kier alpha value is -2.50. The van der Waals surface area contributed by atoms with Gasteiger partial charge in [-0.3, -0.25) is 9.36 Å². The molecule has 1 aliphatic rings. The van der Waals surface area contributed by atoms with E-state index in [0.29, 0.717) is 53.5 Å². The summed E-state index contributed by atoms with van der Waals surface area (Å²) in [5.74, 6) is -0.453. The van der Waals surface area contributed by atoms with Crippen LogP contribution in [0, 0.1) is 5.92 Å². The first kappa shape index (κ1) is 24.6. The lowest BCUT2D eigenvalue weighted by molar-refractivity contribution is -0.123. The Balaban J connectivity index is 1.75. The molecule has 0 bridgehead atoms. The number of nitrogens with two attached hydrogens (primary N) is 1. The summed E-state index contributed by atoms with van der Waals surface area (Å²) in [5, 5.41) is 6.15. The first-order chi connectivity index (χ1) is 16.0. The van der Waals surface area contributed by atoms with Crippen molar-refractivity contribution >= 4 is 69.5 Å². The number of alkyl halides is 3. The van der Waals surface area contributed by atoms with E-state index in [9.17, 15) is 18.0 Å². The van der Waals surface area contributed by atoms with Crippen LogP contribution in [0.15, 0.2) is 18.3 Å². The van der Waals surface area contributed by atoms with E-state index in [2.05, 4.69) is 25.6 Å². The van der Waals surface area contributed by atoms with Gasteiger partial charge in [0.05, 0.1) is 21.9 Å². The lowest BCUT2D eigenvalue weighted by atomic mass is 9.85. The second-order valence-corrected chi connectivity index (χ2v) is 9.20. The molecule has 182 valence electrons. The van der Waals surface area contributed by atoms with Crippen LogP contribution < -0.4 is 16.4 Å². The van der Waals surface area contributed by atoms with Gasteiger partial charge >= 0.3 is 6.18 Å². The minimum absolute atomic E-state index is 0.154. The Morgan fingerprint density at radius 3 is 2.35 bits per heavy atom. The van der Waals surface area contributed by atoms with Gasteiger partial charge in [0.15, 0.2) is 5.65 Å². The summed E-state index contributed by atoms with van der Waals surface area (Å²) in [6.07, 6.45) is -0.794. The van der Waals surface area contributed by atoms with Crippen LogP contribution in [0.25, 0.3) is 11.2 Å². The third-order valence-corrected chi connectivity index (χ3v) is 6.40. The maximum absolute atomic E-state index is 12.7. The molecule has 1 aliphatic carbocycles. The second-order valence-electron chi connectivity index (χ2n) is 7.95. The van der Waals surface area contributed by atoms with Gasteiger partial charge in [-0.2, -0.15) is 18.2 Å². The van der Waals surface area contributed by atoms with Crippen LogP contribution in [-0.2, 0) is 4.79 Å². The molecule has 2 aromatic heterocycles. The molecule has 4 rings (SSSR count). The highest BCUT2D eigenvalue weighted by Crippen LogP contribution is 2.40. The lowest BCUT2D eigenvalue weighted by Crippen LogP contribution is -2.29. The molecule has 3 aromatic rings. The van der Waals surface area contributed by atoms with E-state index in [1.54, 1.807) is 4.57 Å². The van der Waals surface area contributed by atoms with Crippen molar-refractivity contribution in [1.29, 1.82) is 0 Å². The summed E-state index contributed by atoms with van der Waals surface area (Å²) in [5.41, 5.74) is 6.50. The average molecular weight is 537 g/mol. The molecule has 1 saturated carbocycles. The number of hydrogen-bond acceptors (Lipinski definition) is 6. The van der Waals surface area contributed by atoms with E-state index in [4.69, 9.17) is 40.5 Å². The largest absolute Gasteiger partial charge is 0.405 e. The molecule has 0 unspecified atom stereocenters. The maximum atomic E-state index is 12.7. The van der Waals surface area contributed by atoms with Crippen molar-refractivity contribution in [3.8, 4) is 0 Å². The van der Waals surface area contributed by atoms with Gasteiger partial charge in [-0.05, 0) is 37.8 Å². The number of benzene rings is 1. The summed E-state index contributed by atoms with van der Waals surface area (Å²) in [6.45, 7) is -1.28. The first-order valence-corrected chi connectivity index (χ1v) is 11.4. The Bertz CT molecular complexity index is 1200. The van der Waals surface area contributed by atoms with Gasteiger partial charge in [0.1, 0.15) is 12.1 Å². The van der Waals surface area contributed by atoms with Crippen LogP contribution in [0.2, 0.25) is 15.1 Å². The van der Waals surface area contributed by atoms with Crippen LogP contribution in [0.3, 0.4) is 0 Å². The molecule has 1 amide bonds. The van der Waals surface area contributed by atoms with E-state index >= 15 is 0 Å². The fourth-order valence-electron chi connectivity index (χ4n) is 3.98. The SMILES string of the molecule is NC(=O)C1CCC(n2c(Nc3c(Cl)cc(Cl)cc3Cl)nc3cnc(NCC(F)(F)F)nc32)CC1. The smallest absolute Gasteiger partial charge is 0.369 e. The zero-order valence-corrected chi connectivity index (χ0v) is 19.7. The van der Waals surface area contributed by atoms with Gasteiger partial charge in [0.2, 0.25) is 17.8 Å². The summed E-state index contributed by atoms with van der Waals surface area (Å²) >= 11 is 18.6. The monoisotopic (exact) mass is 535 g/mol. The molecule has 4 N–H and O–H groups in total. The van der Waals surface area contributed by atoms with E-state index in [-0.39, 0.29) is 33.9 Å². The Morgan fingerprint density at radius 2 is 1.76 bits per heavy atom. The lowest BCUT2D eigenvalue weighted by Gasteiger charge is -2.29. The molecule has 0 saturated heterocycles. The van der Waals surface area contributed by atoms with E-state index < -0.39 is 12.7 Å². The van der Waals surface area contributed by atoms with E-state index in [1.165, 1.54) is 18.3 Å². The third-order valence-electron chi connectivity index (χ3n) is 5.59. The topological polar surface area (TPSA) is 111 Å². The predicted molar refractivity (Wildman–Crippen MR) is 125 cm³/mol. The van der Waals surface area contributed by atoms with Gasteiger partial charge in [-0.15, -0.1) is 0 Å². The minimum atomic E-state index is -4.43. The number of hydrogen-bond donors (Lipinski definition) is 3. The van der Waals surface area contributed by atoms with Crippen molar-refractivity contribution in [2.45, 2.75) is 37.9 Å². The van der Waals surface area contributed by atoms with Crippen LogP contribution in [0.4, 0.5) is 30.8 Å². The van der Waals surface area contributed by atoms with E-state index in [1.807, 2.05) is 0 Å². The number of nitrogens with zero attached hydrogens (tertiary/aromatic N) is 4. The number of nitrogens with one attached hydrogen (secondary N) is 2. The Kier molecular flexibility index (Phi) is 6.97. The number of primary amides is 1. The number of amides is 1. The van der Waals surface area contributed by atoms with Crippen molar-refractivity contribution < 1.29 is 18.0 Å². The molecule has 0 aliphatic heterocycles. The Morgan fingerprint density at radius 1 is 1.12 bits per heavy atom.